The van der Waals surface area contributed by atoms with Gasteiger partial charge in [-0.1, -0.05) is 72.3 Å². The van der Waals surface area contributed by atoms with E-state index in [-0.39, 0.29) is 6.04 Å². The number of hydrazone groups is 1. The maximum absolute atomic E-state index is 4.99. The van der Waals surface area contributed by atoms with Gasteiger partial charge in [-0.25, -0.2) is 9.99 Å². The molecule has 0 amide bonds. The van der Waals surface area contributed by atoms with Crippen LogP contribution in [0, 0.1) is 6.92 Å². The Labute approximate surface area is 162 Å². The van der Waals surface area contributed by atoms with Gasteiger partial charge >= 0.3 is 0 Å². The van der Waals surface area contributed by atoms with E-state index >= 15 is 0 Å². The zero-order chi connectivity index (χ0) is 18.2. The molecule has 4 heteroatoms. The van der Waals surface area contributed by atoms with E-state index in [9.17, 15) is 0 Å². The third-order valence-corrected chi connectivity index (χ3v) is 5.85. The van der Waals surface area contributed by atoms with Crippen molar-refractivity contribution in [3.05, 3.63) is 95.0 Å². The van der Waals surface area contributed by atoms with Crippen molar-refractivity contribution in [1.82, 2.24) is 4.98 Å². The van der Waals surface area contributed by atoms with Crippen molar-refractivity contribution in [2.24, 2.45) is 5.10 Å². The minimum atomic E-state index is 0.151. The van der Waals surface area contributed by atoms with E-state index in [4.69, 9.17) is 5.10 Å². The van der Waals surface area contributed by atoms with Crippen LogP contribution in [-0.4, -0.2) is 10.7 Å². The number of thiazole rings is 1. The second-order valence-electron chi connectivity index (χ2n) is 6.86. The summed E-state index contributed by atoms with van der Waals surface area (Å²) in [7, 11) is 0. The van der Waals surface area contributed by atoms with Gasteiger partial charge in [-0.2, -0.15) is 5.10 Å². The minimum Gasteiger partial charge on any atom is -0.231 e. The van der Waals surface area contributed by atoms with Crippen LogP contribution in [0.4, 0.5) is 5.13 Å². The van der Waals surface area contributed by atoms with Gasteiger partial charge in [0.15, 0.2) is 0 Å². The SMILES string of the molecule is Cc1ccc(C2=NN(c3nccs3)C(c3cccc4ccccc34)C2)cc1. The predicted molar refractivity (Wildman–Crippen MR) is 114 cm³/mol. The number of rotatable bonds is 3. The molecule has 1 aliphatic heterocycles. The van der Waals surface area contributed by atoms with Crippen molar-refractivity contribution in [1.29, 1.82) is 0 Å². The molecular formula is C23H19N3S. The lowest BCUT2D eigenvalue weighted by molar-refractivity contribution is 0.711. The Bertz CT molecular complexity index is 1110. The number of hydrogen-bond donors (Lipinski definition) is 0. The molecule has 1 aliphatic rings. The van der Waals surface area contributed by atoms with Gasteiger partial charge in [-0.15, -0.1) is 11.3 Å². The Hall–Kier alpha value is -2.98. The van der Waals surface area contributed by atoms with Crippen molar-refractivity contribution in [3.8, 4) is 0 Å². The van der Waals surface area contributed by atoms with Gasteiger partial charge in [0.1, 0.15) is 0 Å². The largest absolute Gasteiger partial charge is 0.231 e. The summed E-state index contributed by atoms with van der Waals surface area (Å²) in [5.74, 6) is 0. The molecule has 0 aliphatic carbocycles. The molecule has 0 bridgehead atoms. The van der Waals surface area contributed by atoms with Gasteiger partial charge in [0.2, 0.25) is 5.13 Å². The van der Waals surface area contributed by atoms with Gasteiger partial charge in [-0.05, 0) is 28.8 Å². The van der Waals surface area contributed by atoms with Crippen LogP contribution in [0.1, 0.15) is 29.2 Å². The summed E-state index contributed by atoms with van der Waals surface area (Å²) in [5, 5.41) is 12.6. The molecule has 3 nitrogen and oxygen atoms in total. The average Bonchev–Trinajstić information content (AvgIpc) is 3.38. The number of hydrogen-bond acceptors (Lipinski definition) is 4. The summed E-state index contributed by atoms with van der Waals surface area (Å²) in [6, 6.07) is 23.9. The molecule has 1 atom stereocenters. The van der Waals surface area contributed by atoms with Gasteiger partial charge in [0, 0.05) is 18.0 Å². The van der Waals surface area contributed by atoms with Crippen LogP contribution in [0.5, 0.6) is 0 Å². The first-order chi connectivity index (χ1) is 13.3. The fourth-order valence-electron chi connectivity index (χ4n) is 3.72. The Morgan fingerprint density at radius 3 is 2.59 bits per heavy atom. The Kier molecular flexibility index (Phi) is 3.98. The third-order valence-electron chi connectivity index (χ3n) is 5.09. The average molecular weight is 369 g/mol. The van der Waals surface area contributed by atoms with Crippen LogP contribution >= 0.6 is 11.3 Å². The van der Waals surface area contributed by atoms with Gasteiger partial charge in [-0.3, -0.25) is 0 Å². The number of aryl methyl sites for hydroxylation is 1. The second kappa shape index (κ2) is 6.63. The maximum Gasteiger partial charge on any atom is 0.206 e. The lowest BCUT2D eigenvalue weighted by Crippen LogP contribution is -2.18. The molecule has 2 heterocycles. The quantitative estimate of drug-likeness (QED) is 0.446. The maximum atomic E-state index is 4.99. The highest BCUT2D eigenvalue weighted by Gasteiger charge is 2.32. The van der Waals surface area contributed by atoms with Crippen LogP contribution in [0.15, 0.2) is 83.4 Å². The zero-order valence-corrected chi connectivity index (χ0v) is 15.9. The van der Waals surface area contributed by atoms with E-state index in [1.165, 1.54) is 27.5 Å². The number of anilines is 1. The molecule has 0 saturated heterocycles. The summed E-state index contributed by atoms with van der Waals surface area (Å²) in [4.78, 5) is 4.53. The van der Waals surface area contributed by atoms with Crippen molar-refractivity contribution in [2.75, 3.05) is 5.01 Å². The standard InChI is InChI=1S/C23H19N3S/c1-16-9-11-18(12-10-16)21-15-22(26(25-21)23-24-13-14-27-23)20-8-4-6-17-5-2-3-7-19(17)20/h2-14,22H,15H2,1H3. The van der Waals surface area contributed by atoms with Crippen molar-refractivity contribution >= 4 is 33.0 Å². The summed E-state index contributed by atoms with van der Waals surface area (Å²) < 4.78 is 0. The van der Waals surface area contributed by atoms with Crippen LogP contribution < -0.4 is 5.01 Å². The van der Waals surface area contributed by atoms with Crippen LogP contribution in [0.25, 0.3) is 10.8 Å². The van der Waals surface area contributed by atoms with E-state index in [1.807, 2.05) is 11.6 Å². The Morgan fingerprint density at radius 2 is 1.78 bits per heavy atom. The van der Waals surface area contributed by atoms with E-state index in [0.29, 0.717) is 0 Å². The molecule has 132 valence electrons. The number of nitrogens with zero attached hydrogens (tertiary/aromatic N) is 3. The van der Waals surface area contributed by atoms with Crippen LogP contribution in [0.3, 0.4) is 0 Å². The van der Waals surface area contributed by atoms with Gasteiger partial charge in [0.05, 0.1) is 11.8 Å². The Morgan fingerprint density at radius 1 is 0.963 bits per heavy atom. The molecule has 0 fully saturated rings. The van der Waals surface area contributed by atoms with Gasteiger partial charge in [0.25, 0.3) is 0 Å². The van der Waals surface area contributed by atoms with E-state index in [0.717, 1.165) is 17.3 Å². The van der Waals surface area contributed by atoms with Crippen LogP contribution in [0.2, 0.25) is 0 Å². The second-order valence-corrected chi connectivity index (χ2v) is 7.73. The number of aromatic nitrogens is 1. The van der Waals surface area contributed by atoms with Crippen molar-refractivity contribution in [3.63, 3.8) is 0 Å². The summed E-state index contributed by atoms with van der Waals surface area (Å²) in [6.07, 6.45) is 2.72. The molecule has 0 N–H and O–H groups in total. The van der Waals surface area contributed by atoms with Crippen molar-refractivity contribution < 1.29 is 0 Å². The lowest BCUT2D eigenvalue weighted by atomic mass is 9.94. The van der Waals surface area contributed by atoms with Crippen molar-refractivity contribution in [2.45, 2.75) is 19.4 Å². The predicted octanol–water partition coefficient (Wildman–Crippen LogP) is 5.96. The highest BCUT2D eigenvalue weighted by molar-refractivity contribution is 7.13. The number of fused-ring (bicyclic) bond motifs is 1. The summed E-state index contributed by atoms with van der Waals surface area (Å²) in [6.45, 7) is 2.11. The molecular weight excluding hydrogens is 350 g/mol. The molecule has 0 spiro atoms. The first kappa shape index (κ1) is 16.2. The first-order valence-corrected chi connectivity index (χ1v) is 9.98. The normalized spacial score (nSPS) is 16.7. The summed E-state index contributed by atoms with van der Waals surface area (Å²) in [5.41, 5.74) is 4.86. The molecule has 0 radical (unpaired) electrons. The highest BCUT2D eigenvalue weighted by Crippen LogP contribution is 2.39. The molecule has 1 unspecified atom stereocenters. The molecule has 4 aromatic rings. The zero-order valence-electron chi connectivity index (χ0n) is 15.0. The minimum absolute atomic E-state index is 0.151. The number of benzene rings is 3. The fraction of sp³-hybridized carbons (Fsp3) is 0.130. The first-order valence-electron chi connectivity index (χ1n) is 9.10. The molecule has 1 aromatic heterocycles. The topological polar surface area (TPSA) is 28.5 Å². The van der Waals surface area contributed by atoms with Crippen LogP contribution in [-0.2, 0) is 0 Å². The lowest BCUT2D eigenvalue weighted by Gasteiger charge is -2.22. The Balaban J connectivity index is 1.62. The van der Waals surface area contributed by atoms with E-state index < -0.39 is 0 Å². The molecule has 0 saturated carbocycles. The molecule has 5 rings (SSSR count). The monoisotopic (exact) mass is 369 g/mol. The van der Waals surface area contributed by atoms with Gasteiger partial charge < -0.3 is 0 Å². The van der Waals surface area contributed by atoms with E-state index in [2.05, 4.69) is 83.6 Å². The molecule has 27 heavy (non-hydrogen) atoms. The van der Waals surface area contributed by atoms with E-state index in [1.54, 1.807) is 11.3 Å². The highest BCUT2D eigenvalue weighted by atomic mass is 32.1. The molecule has 3 aromatic carbocycles. The third kappa shape index (κ3) is 2.92. The summed E-state index contributed by atoms with van der Waals surface area (Å²) >= 11 is 1.63. The fourth-order valence-corrected chi connectivity index (χ4v) is 4.36. The smallest absolute Gasteiger partial charge is 0.206 e.